The van der Waals surface area contributed by atoms with Crippen molar-refractivity contribution in [1.29, 1.82) is 0 Å². The van der Waals surface area contributed by atoms with E-state index in [1.165, 1.54) is 0 Å². The maximum atomic E-state index is 11.3. The van der Waals surface area contributed by atoms with Crippen molar-refractivity contribution in [2.75, 3.05) is 0 Å². The third-order valence-corrected chi connectivity index (χ3v) is 2.19. The molecule has 0 saturated heterocycles. The van der Waals surface area contributed by atoms with E-state index in [2.05, 4.69) is 4.99 Å². The summed E-state index contributed by atoms with van der Waals surface area (Å²) in [4.78, 5) is 15.3. The maximum Gasteiger partial charge on any atom is 0.363 e. The summed E-state index contributed by atoms with van der Waals surface area (Å²) in [6.45, 7) is 3.77. The molecular weight excluding hydrogens is 190 g/mol. The van der Waals surface area contributed by atoms with Crippen LogP contribution in [0.5, 0.6) is 0 Å². The lowest BCUT2D eigenvalue weighted by atomic mass is 10.1. The summed E-state index contributed by atoms with van der Waals surface area (Å²) in [5, 5.41) is 0. The quantitative estimate of drug-likeness (QED) is 0.516. The standard InChI is InChI=1S/C12H11NO2/c1-3-10-12(14)15-11(13-10)9-6-4-8(2)5-7-9/h3-7H,1-2H3/b10-3+. The molecule has 0 saturated carbocycles. The first-order chi connectivity index (χ1) is 7.20. The van der Waals surface area contributed by atoms with E-state index in [0.717, 1.165) is 11.1 Å². The molecule has 3 nitrogen and oxygen atoms in total. The van der Waals surface area contributed by atoms with E-state index in [0.29, 0.717) is 11.6 Å². The van der Waals surface area contributed by atoms with Gasteiger partial charge in [-0.2, -0.15) is 0 Å². The van der Waals surface area contributed by atoms with Gasteiger partial charge in [-0.25, -0.2) is 9.79 Å². The van der Waals surface area contributed by atoms with Gasteiger partial charge < -0.3 is 4.74 Å². The molecule has 0 atom stereocenters. The fourth-order valence-corrected chi connectivity index (χ4v) is 1.32. The van der Waals surface area contributed by atoms with Gasteiger partial charge >= 0.3 is 5.97 Å². The van der Waals surface area contributed by atoms with Crippen molar-refractivity contribution in [3.05, 3.63) is 47.2 Å². The second-order valence-corrected chi connectivity index (χ2v) is 3.35. The summed E-state index contributed by atoms with van der Waals surface area (Å²) in [5.41, 5.74) is 2.35. The largest absolute Gasteiger partial charge is 0.402 e. The van der Waals surface area contributed by atoms with Crippen molar-refractivity contribution in [1.82, 2.24) is 0 Å². The SMILES string of the molecule is C/C=C1/N=C(c2ccc(C)cc2)OC1=O. The Bertz CT molecular complexity index is 455. The molecule has 1 heterocycles. The van der Waals surface area contributed by atoms with Gasteiger partial charge in [-0.05, 0) is 26.0 Å². The number of allylic oxidation sites excluding steroid dienone is 1. The third-order valence-electron chi connectivity index (χ3n) is 2.19. The van der Waals surface area contributed by atoms with Crippen molar-refractivity contribution in [3.8, 4) is 0 Å². The molecule has 0 unspecified atom stereocenters. The van der Waals surface area contributed by atoms with Crippen LogP contribution in [0, 0.1) is 6.92 Å². The van der Waals surface area contributed by atoms with E-state index >= 15 is 0 Å². The molecule has 0 spiro atoms. The smallest absolute Gasteiger partial charge is 0.363 e. The highest BCUT2D eigenvalue weighted by atomic mass is 16.6. The summed E-state index contributed by atoms with van der Waals surface area (Å²) in [6, 6.07) is 7.69. The van der Waals surface area contributed by atoms with Gasteiger partial charge in [0.25, 0.3) is 0 Å². The number of hydrogen-bond acceptors (Lipinski definition) is 3. The number of nitrogens with zero attached hydrogens (tertiary/aromatic N) is 1. The van der Waals surface area contributed by atoms with E-state index in [9.17, 15) is 4.79 Å². The van der Waals surface area contributed by atoms with Crippen molar-refractivity contribution in [3.63, 3.8) is 0 Å². The molecule has 1 aliphatic rings. The van der Waals surface area contributed by atoms with Crippen LogP contribution in [0.15, 0.2) is 41.0 Å². The Labute approximate surface area is 88.1 Å². The van der Waals surface area contributed by atoms with Crippen LogP contribution in [-0.4, -0.2) is 11.9 Å². The second-order valence-electron chi connectivity index (χ2n) is 3.35. The summed E-state index contributed by atoms with van der Waals surface area (Å²) in [5.74, 6) is 0.00109. The minimum absolute atomic E-state index is 0.366. The van der Waals surface area contributed by atoms with Crippen LogP contribution >= 0.6 is 0 Å². The molecule has 2 rings (SSSR count). The second kappa shape index (κ2) is 3.69. The van der Waals surface area contributed by atoms with Gasteiger partial charge in [0.05, 0.1) is 0 Å². The summed E-state index contributed by atoms with van der Waals surface area (Å²) < 4.78 is 5.03. The molecular formula is C12H11NO2. The van der Waals surface area contributed by atoms with Gasteiger partial charge in [0, 0.05) is 5.56 Å². The van der Waals surface area contributed by atoms with Crippen LogP contribution in [0.25, 0.3) is 0 Å². The molecule has 0 aliphatic carbocycles. The number of aliphatic imine (C=N–C) groups is 1. The van der Waals surface area contributed by atoms with Crippen LogP contribution in [0.1, 0.15) is 18.1 Å². The van der Waals surface area contributed by atoms with Gasteiger partial charge in [0.15, 0.2) is 0 Å². The highest BCUT2D eigenvalue weighted by molar-refractivity contribution is 6.11. The van der Waals surface area contributed by atoms with Crippen LogP contribution < -0.4 is 0 Å². The van der Waals surface area contributed by atoms with Crippen LogP contribution in [0.3, 0.4) is 0 Å². The normalized spacial score (nSPS) is 17.9. The van der Waals surface area contributed by atoms with E-state index in [1.54, 1.807) is 13.0 Å². The summed E-state index contributed by atoms with van der Waals surface area (Å²) in [7, 11) is 0. The van der Waals surface area contributed by atoms with Crippen molar-refractivity contribution in [2.24, 2.45) is 4.99 Å². The number of aryl methyl sites for hydroxylation is 1. The highest BCUT2D eigenvalue weighted by Crippen LogP contribution is 2.16. The number of rotatable bonds is 1. The lowest BCUT2D eigenvalue weighted by molar-refractivity contribution is -0.130. The van der Waals surface area contributed by atoms with E-state index in [-0.39, 0.29) is 5.97 Å². The molecule has 0 aromatic heterocycles. The summed E-state index contributed by atoms with van der Waals surface area (Å²) >= 11 is 0. The van der Waals surface area contributed by atoms with E-state index in [4.69, 9.17) is 4.74 Å². The molecule has 3 heteroatoms. The minimum atomic E-state index is -0.381. The monoisotopic (exact) mass is 201 g/mol. The van der Waals surface area contributed by atoms with Crippen molar-refractivity contribution >= 4 is 11.9 Å². The molecule has 1 aromatic rings. The van der Waals surface area contributed by atoms with Crippen molar-refractivity contribution in [2.45, 2.75) is 13.8 Å². The average Bonchev–Trinajstić information content (AvgIpc) is 2.61. The third kappa shape index (κ3) is 1.81. The van der Waals surface area contributed by atoms with Crippen molar-refractivity contribution < 1.29 is 9.53 Å². The number of benzene rings is 1. The molecule has 0 bridgehead atoms. The lowest BCUT2D eigenvalue weighted by Crippen LogP contribution is -2.05. The number of ether oxygens (including phenoxy) is 1. The number of carbonyl (C=O) groups excluding carboxylic acids is 1. The number of carbonyl (C=O) groups is 1. The molecule has 15 heavy (non-hydrogen) atoms. The van der Waals surface area contributed by atoms with Gasteiger partial charge in [-0.15, -0.1) is 0 Å². The zero-order valence-electron chi connectivity index (χ0n) is 8.65. The number of hydrogen-bond donors (Lipinski definition) is 0. The fraction of sp³-hybridized carbons (Fsp3) is 0.167. The fourth-order valence-electron chi connectivity index (χ4n) is 1.32. The van der Waals surface area contributed by atoms with Gasteiger partial charge in [0.1, 0.15) is 5.70 Å². The Morgan fingerprint density at radius 3 is 2.47 bits per heavy atom. The number of esters is 1. The first-order valence-electron chi connectivity index (χ1n) is 4.75. The molecule has 0 N–H and O–H groups in total. The molecule has 1 aromatic carbocycles. The van der Waals surface area contributed by atoms with Gasteiger partial charge in [0.2, 0.25) is 5.90 Å². The van der Waals surface area contributed by atoms with E-state index in [1.807, 2.05) is 31.2 Å². The van der Waals surface area contributed by atoms with Crippen LogP contribution in [0.2, 0.25) is 0 Å². The topological polar surface area (TPSA) is 38.7 Å². The molecule has 0 fully saturated rings. The Morgan fingerprint density at radius 2 is 1.93 bits per heavy atom. The zero-order valence-corrected chi connectivity index (χ0v) is 8.65. The Balaban J connectivity index is 2.34. The van der Waals surface area contributed by atoms with Gasteiger partial charge in [-0.1, -0.05) is 23.8 Å². The first-order valence-corrected chi connectivity index (χ1v) is 4.75. The zero-order chi connectivity index (χ0) is 10.8. The Hall–Kier alpha value is -1.90. The molecule has 0 amide bonds. The maximum absolute atomic E-state index is 11.3. The molecule has 1 aliphatic heterocycles. The van der Waals surface area contributed by atoms with E-state index < -0.39 is 0 Å². The Morgan fingerprint density at radius 1 is 1.27 bits per heavy atom. The van der Waals surface area contributed by atoms with Gasteiger partial charge in [-0.3, -0.25) is 0 Å². The van der Waals surface area contributed by atoms with Crippen LogP contribution in [0.4, 0.5) is 0 Å². The molecule has 76 valence electrons. The minimum Gasteiger partial charge on any atom is -0.402 e. The average molecular weight is 201 g/mol. The summed E-state index contributed by atoms with van der Waals surface area (Å²) in [6.07, 6.45) is 1.64. The first kappa shape index (κ1) is 9.65. The molecule has 0 radical (unpaired) electrons. The highest BCUT2D eigenvalue weighted by Gasteiger charge is 2.22. The number of cyclic esters (lactones) is 1. The van der Waals surface area contributed by atoms with Crippen LogP contribution in [-0.2, 0) is 9.53 Å². The predicted octanol–water partition coefficient (Wildman–Crippen LogP) is 2.20. The lowest BCUT2D eigenvalue weighted by Gasteiger charge is -1.99. The predicted molar refractivity (Wildman–Crippen MR) is 57.6 cm³/mol. The Kier molecular flexibility index (Phi) is 2.37.